The molecule has 0 atom stereocenters. The first-order valence-electron chi connectivity index (χ1n) is 6.39. The van der Waals surface area contributed by atoms with E-state index in [0.717, 1.165) is 11.4 Å². The van der Waals surface area contributed by atoms with Gasteiger partial charge in [-0.05, 0) is 39.7 Å². The number of aliphatic hydroxyl groups is 1. The predicted octanol–water partition coefficient (Wildman–Crippen LogP) is 0.873. The summed E-state index contributed by atoms with van der Waals surface area (Å²) >= 11 is 0. The van der Waals surface area contributed by atoms with E-state index in [-0.39, 0.29) is 5.91 Å². The number of hydrogen-bond donors (Lipinski definition) is 1. The Morgan fingerprint density at radius 2 is 2.06 bits per heavy atom. The fourth-order valence-corrected chi connectivity index (χ4v) is 2.30. The Balaban J connectivity index is 1.95. The van der Waals surface area contributed by atoms with Crippen LogP contribution in [0.5, 0.6) is 0 Å². The Labute approximate surface area is 107 Å². The van der Waals surface area contributed by atoms with Gasteiger partial charge in [-0.25, -0.2) is 0 Å². The molecule has 2 heterocycles. The van der Waals surface area contributed by atoms with Crippen molar-refractivity contribution < 1.29 is 9.90 Å². The van der Waals surface area contributed by atoms with Crippen LogP contribution in [-0.2, 0) is 11.3 Å². The molecule has 0 radical (unpaired) electrons. The number of rotatable bonds is 2. The van der Waals surface area contributed by atoms with Crippen molar-refractivity contribution >= 4 is 5.91 Å². The second-order valence-corrected chi connectivity index (χ2v) is 5.46. The van der Waals surface area contributed by atoms with Gasteiger partial charge in [-0.15, -0.1) is 0 Å². The van der Waals surface area contributed by atoms with Crippen molar-refractivity contribution in [2.75, 3.05) is 13.1 Å². The molecule has 2 rings (SSSR count). The van der Waals surface area contributed by atoms with Crippen LogP contribution in [0.2, 0.25) is 0 Å². The number of carbonyl (C=O) groups is 1. The zero-order valence-electron chi connectivity index (χ0n) is 11.3. The van der Waals surface area contributed by atoms with Gasteiger partial charge in [0.05, 0.1) is 11.3 Å². The molecule has 0 bridgehead atoms. The molecule has 0 aliphatic carbocycles. The van der Waals surface area contributed by atoms with E-state index in [0.29, 0.717) is 32.5 Å². The summed E-state index contributed by atoms with van der Waals surface area (Å²) in [6.07, 6.45) is 1.30. The predicted molar refractivity (Wildman–Crippen MR) is 68.1 cm³/mol. The van der Waals surface area contributed by atoms with Crippen molar-refractivity contribution in [2.24, 2.45) is 0 Å². The van der Waals surface area contributed by atoms with Crippen LogP contribution < -0.4 is 0 Å². The molecule has 1 amide bonds. The molecule has 1 aliphatic rings. The van der Waals surface area contributed by atoms with Crippen molar-refractivity contribution in [3.8, 4) is 0 Å². The van der Waals surface area contributed by atoms with Crippen LogP contribution in [0.1, 0.15) is 31.2 Å². The summed E-state index contributed by atoms with van der Waals surface area (Å²) in [6, 6.07) is 1.97. The fourth-order valence-electron chi connectivity index (χ4n) is 2.30. The van der Waals surface area contributed by atoms with E-state index >= 15 is 0 Å². The number of likely N-dealkylation sites (tertiary alicyclic amines) is 1. The maximum absolute atomic E-state index is 12.1. The molecule has 0 saturated carbocycles. The van der Waals surface area contributed by atoms with Crippen LogP contribution in [0.4, 0.5) is 0 Å². The third-order valence-corrected chi connectivity index (χ3v) is 3.58. The van der Waals surface area contributed by atoms with Crippen molar-refractivity contribution in [1.82, 2.24) is 14.7 Å². The lowest BCUT2D eigenvalue weighted by Crippen LogP contribution is -2.46. The number of nitrogens with zero attached hydrogens (tertiary/aromatic N) is 3. The molecular formula is C13H21N3O2. The quantitative estimate of drug-likeness (QED) is 0.848. The molecule has 0 unspecified atom stereocenters. The van der Waals surface area contributed by atoms with E-state index in [1.165, 1.54) is 0 Å². The fraction of sp³-hybridized carbons (Fsp3) is 0.692. The second kappa shape index (κ2) is 4.72. The monoisotopic (exact) mass is 251 g/mol. The van der Waals surface area contributed by atoms with E-state index in [1.807, 2.05) is 31.7 Å². The first-order chi connectivity index (χ1) is 8.37. The Morgan fingerprint density at radius 1 is 1.44 bits per heavy atom. The molecule has 1 saturated heterocycles. The second-order valence-electron chi connectivity index (χ2n) is 5.46. The number of aryl methyl sites for hydroxylation is 2. The largest absolute Gasteiger partial charge is 0.390 e. The van der Waals surface area contributed by atoms with Gasteiger partial charge in [-0.1, -0.05) is 0 Å². The molecule has 100 valence electrons. The van der Waals surface area contributed by atoms with E-state index in [4.69, 9.17) is 0 Å². The Hall–Kier alpha value is -1.36. The first kappa shape index (κ1) is 13.1. The van der Waals surface area contributed by atoms with Gasteiger partial charge in [0, 0.05) is 18.8 Å². The summed E-state index contributed by atoms with van der Waals surface area (Å²) < 4.78 is 1.74. The molecule has 5 nitrogen and oxygen atoms in total. The summed E-state index contributed by atoms with van der Waals surface area (Å²) in [5.41, 5.74) is 1.32. The normalized spacial score (nSPS) is 19.0. The van der Waals surface area contributed by atoms with Crippen LogP contribution in [0.25, 0.3) is 0 Å². The highest BCUT2D eigenvalue weighted by Crippen LogP contribution is 2.21. The molecule has 1 N–H and O–H groups in total. The minimum atomic E-state index is -0.616. The van der Waals surface area contributed by atoms with Gasteiger partial charge >= 0.3 is 0 Å². The standard InChI is InChI=1S/C13H21N3O2/c1-10-8-11(2)16(14-10)9-12(17)15-6-4-13(3,18)5-7-15/h8,18H,4-7,9H2,1-3H3. The van der Waals surface area contributed by atoms with Gasteiger partial charge in [0.2, 0.25) is 5.91 Å². The van der Waals surface area contributed by atoms with E-state index in [1.54, 1.807) is 4.68 Å². The van der Waals surface area contributed by atoms with Gasteiger partial charge in [0.25, 0.3) is 0 Å². The minimum Gasteiger partial charge on any atom is -0.390 e. The number of amides is 1. The van der Waals surface area contributed by atoms with Crippen molar-refractivity contribution in [3.63, 3.8) is 0 Å². The lowest BCUT2D eigenvalue weighted by molar-refractivity contribution is -0.135. The van der Waals surface area contributed by atoms with Crippen molar-refractivity contribution in [1.29, 1.82) is 0 Å². The molecule has 1 aliphatic heterocycles. The van der Waals surface area contributed by atoms with Crippen LogP contribution in [-0.4, -0.2) is 44.4 Å². The van der Waals surface area contributed by atoms with Crippen LogP contribution in [0.15, 0.2) is 6.07 Å². The molecule has 0 spiro atoms. The summed E-state index contributed by atoms with van der Waals surface area (Å²) in [7, 11) is 0. The maximum atomic E-state index is 12.1. The third kappa shape index (κ3) is 2.90. The van der Waals surface area contributed by atoms with Crippen molar-refractivity contribution in [3.05, 3.63) is 17.5 Å². The molecule has 1 fully saturated rings. The number of piperidine rings is 1. The molecule has 5 heteroatoms. The van der Waals surface area contributed by atoms with Crippen LogP contribution >= 0.6 is 0 Å². The average Bonchev–Trinajstić information content (AvgIpc) is 2.57. The lowest BCUT2D eigenvalue weighted by Gasteiger charge is -2.35. The highest BCUT2D eigenvalue weighted by Gasteiger charge is 2.29. The van der Waals surface area contributed by atoms with E-state index in [2.05, 4.69) is 5.10 Å². The zero-order chi connectivity index (χ0) is 13.3. The van der Waals surface area contributed by atoms with Crippen LogP contribution in [0.3, 0.4) is 0 Å². The molecular weight excluding hydrogens is 230 g/mol. The van der Waals surface area contributed by atoms with Gasteiger partial charge in [0.1, 0.15) is 6.54 Å². The zero-order valence-corrected chi connectivity index (χ0v) is 11.3. The topological polar surface area (TPSA) is 58.4 Å². The summed E-state index contributed by atoms with van der Waals surface area (Å²) in [4.78, 5) is 13.9. The van der Waals surface area contributed by atoms with Gasteiger partial charge < -0.3 is 10.0 Å². The van der Waals surface area contributed by atoms with Crippen molar-refractivity contribution in [2.45, 2.75) is 45.8 Å². The molecule has 18 heavy (non-hydrogen) atoms. The average molecular weight is 251 g/mol. The maximum Gasteiger partial charge on any atom is 0.244 e. The molecule has 1 aromatic rings. The summed E-state index contributed by atoms with van der Waals surface area (Å²) in [5, 5.41) is 14.1. The van der Waals surface area contributed by atoms with E-state index < -0.39 is 5.60 Å². The summed E-state index contributed by atoms with van der Waals surface area (Å²) in [5.74, 6) is 0.0803. The Morgan fingerprint density at radius 3 is 2.56 bits per heavy atom. The highest BCUT2D eigenvalue weighted by atomic mass is 16.3. The van der Waals surface area contributed by atoms with Crippen LogP contribution in [0, 0.1) is 13.8 Å². The number of hydrogen-bond acceptors (Lipinski definition) is 3. The lowest BCUT2D eigenvalue weighted by atomic mass is 9.94. The number of carbonyl (C=O) groups excluding carboxylic acids is 1. The smallest absolute Gasteiger partial charge is 0.244 e. The van der Waals surface area contributed by atoms with Gasteiger partial charge in [0.15, 0.2) is 0 Å². The third-order valence-electron chi connectivity index (χ3n) is 3.58. The van der Waals surface area contributed by atoms with E-state index in [9.17, 15) is 9.90 Å². The van der Waals surface area contributed by atoms with Gasteiger partial charge in [-0.2, -0.15) is 5.10 Å². The SMILES string of the molecule is Cc1cc(C)n(CC(=O)N2CCC(C)(O)CC2)n1. The number of aromatic nitrogens is 2. The summed E-state index contributed by atoms with van der Waals surface area (Å²) in [6.45, 7) is 7.26. The highest BCUT2D eigenvalue weighted by molar-refractivity contribution is 5.76. The molecule has 0 aromatic carbocycles. The Bertz CT molecular complexity index is 441. The first-order valence-corrected chi connectivity index (χ1v) is 6.39. The van der Waals surface area contributed by atoms with Gasteiger partial charge in [-0.3, -0.25) is 9.48 Å². The minimum absolute atomic E-state index is 0.0803. The Kier molecular flexibility index (Phi) is 3.43. The molecule has 1 aromatic heterocycles.